The third kappa shape index (κ3) is 4.76. The van der Waals surface area contributed by atoms with Crippen molar-refractivity contribution in [2.24, 2.45) is 0 Å². The summed E-state index contributed by atoms with van der Waals surface area (Å²) >= 11 is 0. The Bertz CT molecular complexity index is 988. The molecule has 148 valence electrons. The summed E-state index contributed by atoms with van der Waals surface area (Å²) in [5.41, 5.74) is 4.40. The van der Waals surface area contributed by atoms with Crippen LogP contribution < -0.4 is 14.8 Å². The smallest absolute Gasteiger partial charge is 0.231 e. The van der Waals surface area contributed by atoms with E-state index in [2.05, 4.69) is 58.7 Å². The first-order valence-electron chi connectivity index (χ1n) is 9.70. The minimum atomic E-state index is -0.0212. The third-order valence-corrected chi connectivity index (χ3v) is 4.92. The molecule has 0 saturated carbocycles. The number of rotatable bonds is 7. The molecule has 1 aliphatic heterocycles. The number of hydrogen-bond donors (Lipinski definition) is 1. The quantitative estimate of drug-likeness (QED) is 0.645. The Morgan fingerprint density at radius 3 is 2.59 bits per heavy atom. The van der Waals surface area contributed by atoms with E-state index in [-0.39, 0.29) is 12.7 Å². The van der Waals surface area contributed by atoms with Gasteiger partial charge in [0.05, 0.1) is 0 Å². The third-order valence-electron chi connectivity index (χ3n) is 4.92. The average molecular weight is 388 g/mol. The van der Waals surface area contributed by atoms with Gasteiger partial charge in [-0.25, -0.2) is 0 Å². The van der Waals surface area contributed by atoms with E-state index in [1.54, 1.807) is 6.07 Å². The first kappa shape index (κ1) is 19.0. The van der Waals surface area contributed by atoms with Crippen molar-refractivity contribution in [3.8, 4) is 22.6 Å². The van der Waals surface area contributed by atoms with Gasteiger partial charge in [0.1, 0.15) is 0 Å². The lowest BCUT2D eigenvalue weighted by molar-refractivity contribution is -0.116. The van der Waals surface area contributed by atoms with Crippen LogP contribution in [0, 0.1) is 0 Å². The maximum Gasteiger partial charge on any atom is 0.231 e. The van der Waals surface area contributed by atoms with Crippen LogP contribution in [0.25, 0.3) is 11.1 Å². The maximum atomic E-state index is 12.3. The first-order chi connectivity index (χ1) is 14.2. The summed E-state index contributed by atoms with van der Waals surface area (Å²) in [6.45, 7) is 1.67. The van der Waals surface area contributed by atoms with Gasteiger partial charge >= 0.3 is 0 Å². The number of nitrogens with one attached hydrogen (secondary N) is 1. The fourth-order valence-corrected chi connectivity index (χ4v) is 3.42. The van der Waals surface area contributed by atoms with Gasteiger partial charge in [-0.2, -0.15) is 0 Å². The Kier molecular flexibility index (Phi) is 5.77. The topological polar surface area (TPSA) is 50.8 Å². The van der Waals surface area contributed by atoms with Gasteiger partial charge in [-0.1, -0.05) is 54.6 Å². The highest BCUT2D eigenvalue weighted by Gasteiger charge is 2.14. The number of nitrogens with zero attached hydrogens (tertiary/aromatic N) is 1. The number of carbonyl (C=O) groups is 1. The van der Waals surface area contributed by atoms with Gasteiger partial charge in [0.2, 0.25) is 12.7 Å². The summed E-state index contributed by atoms with van der Waals surface area (Å²) in [6.07, 6.45) is 0.415. The molecule has 1 amide bonds. The Hall–Kier alpha value is -3.31. The molecule has 5 nitrogen and oxygen atoms in total. The number of hydrogen-bond acceptors (Lipinski definition) is 4. The minimum Gasteiger partial charge on any atom is -0.454 e. The van der Waals surface area contributed by atoms with Crippen molar-refractivity contribution in [3.63, 3.8) is 0 Å². The van der Waals surface area contributed by atoms with Gasteiger partial charge in [0, 0.05) is 31.3 Å². The molecule has 29 heavy (non-hydrogen) atoms. The summed E-state index contributed by atoms with van der Waals surface area (Å²) in [4.78, 5) is 14.5. The number of ether oxygens (including phenoxy) is 2. The predicted molar refractivity (Wildman–Crippen MR) is 114 cm³/mol. The van der Waals surface area contributed by atoms with Gasteiger partial charge in [0.15, 0.2) is 11.5 Å². The summed E-state index contributed by atoms with van der Waals surface area (Å²) in [5.74, 6) is 1.35. The van der Waals surface area contributed by atoms with Crippen molar-refractivity contribution in [1.29, 1.82) is 0 Å². The lowest BCUT2D eigenvalue weighted by Gasteiger charge is -2.19. The molecule has 0 spiro atoms. The standard InChI is InChI=1S/C24H24N2O3/c1-26(16-19-9-5-6-10-21(19)18-7-3-2-4-8-18)14-13-24(27)25-20-11-12-22-23(15-20)29-17-28-22/h2-12,15H,13-14,16-17H2,1H3,(H,25,27). The Labute approximate surface area is 170 Å². The highest BCUT2D eigenvalue weighted by molar-refractivity contribution is 5.91. The molecule has 1 heterocycles. The second-order valence-corrected chi connectivity index (χ2v) is 7.13. The second-order valence-electron chi connectivity index (χ2n) is 7.13. The second kappa shape index (κ2) is 8.80. The van der Waals surface area contributed by atoms with E-state index in [0.29, 0.717) is 24.5 Å². The molecule has 0 aromatic heterocycles. The molecule has 0 unspecified atom stereocenters. The molecule has 0 radical (unpaired) electrons. The fraction of sp³-hybridized carbons (Fsp3) is 0.208. The summed E-state index contributed by atoms with van der Waals surface area (Å²) < 4.78 is 10.6. The van der Waals surface area contributed by atoms with E-state index in [1.165, 1.54) is 16.7 Å². The molecule has 3 aromatic rings. The van der Waals surface area contributed by atoms with Crippen molar-refractivity contribution in [2.45, 2.75) is 13.0 Å². The van der Waals surface area contributed by atoms with Crippen LogP contribution in [0.5, 0.6) is 11.5 Å². The molecule has 4 rings (SSSR count). The molecule has 0 atom stereocenters. The minimum absolute atomic E-state index is 0.0212. The van der Waals surface area contributed by atoms with Crippen LogP contribution in [0.15, 0.2) is 72.8 Å². The summed E-state index contributed by atoms with van der Waals surface area (Å²) in [5, 5.41) is 2.93. The molecule has 5 heteroatoms. The molecule has 0 fully saturated rings. The van der Waals surface area contributed by atoms with Crippen LogP contribution in [0.4, 0.5) is 5.69 Å². The van der Waals surface area contributed by atoms with E-state index in [0.717, 1.165) is 12.2 Å². The van der Waals surface area contributed by atoms with E-state index < -0.39 is 0 Å². The summed E-state index contributed by atoms with van der Waals surface area (Å²) in [6, 6.07) is 24.2. The van der Waals surface area contributed by atoms with Crippen LogP contribution in [-0.4, -0.2) is 31.2 Å². The monoisotopic (exact) mass is 388 g/mol. The highest BCUT2D eigenvalue weighted by atomic mass is 16.7. The number of anilines is 1. The van der Waals surface area contributed by atoms with E-state index in [9.17, 15) is 4.79 Å². The largest absolute Gasteiger partial charge is 0.454 e. The molecule has 0 saturated heterocycles. The van der Waals surface area contributed by atoms with Crippen molar-refractivity contribution >= 4 is 11.6 Å². The Balaban J connectivity index is 1.32. The van der Waals surface area contributed by atoms with Gasteiger partial charge < -0.3 is 19.7 Å². The number of amides is 1. The van der Waals surface area contributed by atoms with Crippen molar-refractivity contribution in [2.75, 3.05) is 25.7 Å². The van der Waals surface area contributed by atoms with Gasteiger partial charge in [-0.3, -0.25) is 4.79 Å². The van der Waals surface area contributed by atoms with Gasteiger partial charge in [0.25, 0.3) is 0 Å². The van der Waals surface area contributed by atoms with E-state index in [4.69, 9.17) is 9.47 Å². The van der Waals surface area contributed by atoms with Crippen molar-refractivity contribution in [1.82, 2.24) is 4.90 Å². The van der Waals surface area contributed by atoms with Crippen LogP contribution in [0.3, 0.4) is 0 Å². The maximum absolute atomic E-state index is 12.3. The van der Waals surface area contributed by atoms with Crippen LogP contribution in [0.2, 0.25) is 0 Å². The normalized spacial score (nSPS) is 12.2. The van der Waals surface area contributed by atoms with E-state index >= 15 is 0 Å². The summed E-state index contributed by atoms with van der Waals surface area (Å²) in [7, 11) is 2.04. The van der Waals surface area contributed by atoms with Gasteiger partial charge in [-0.15, -0.1) is 0 Å². The van der Waals surface area contributed by atoms with E-state index in [1.807, 2.05) is 25.2 Å². The number of carbonyl (C=O) groups excluding carboxylic acids is 1. The zero-order valence-corrected chi connectivity index (χ0v) is 16.4. The van der Waals surface area contributed by atoms with Crippen LogP contribution in [0.1, 0.15) is 12.0 Å². The molecule has 0 aliphatic carbocycles. The lowest BCUT2D eigenvalue weighted by atomic mass is 9.99. The zero-order valence-electron chi connectivity index (χ0n) is 16.4. The number of benzene rings is 3. The number of fused-ring (bicyclic) bond motifs is 1. The molecule has 0 bridgehead atoms. The van der Waals surface area contributed by atoms with Crippen LogP contribution in [-0.2, 0) is 11.3 Å². The SMILES string of the molecule is CN(CCC(=O)Nc1ccc2c(c1)OCO2)Cc1ccccc1-c1ccccc1. The highest BCUT2D eigenvalue weighted by Crippen LogP contribution is 2.34. The molecule has 1 aliphatic rings. The molecule has 1 N–H and O–H groups in total. The van der Waals surface area contributed by atoms with Crippen molar-refractivity contribution in [3.05, 3.63) is 78.4 Å². The molecular weight excluding hydrogens is 364 g/mol. The molecule has 3 aromatic carbocycles. The average Bonchev–Trinajstić information content (AvgIpc) is 3.21. The van der Waals surface area contributed by atoms with Crippen molar-refractivity contribution < 1.29 is 14.3 Å². The molecular formula is C24H24N2O3. The van der Waals surface area contributed by atoms with Gasteiger partial charge in [-0.05, 0) is 35.9 Å². The first-order valence-corrected chi connectivity index (χ1v) is 9.70. The Morgan fingerprint density at radius 2 is 1.72 bits per heavy atom. The lowest BCUT2D eigenvalue weighted by Crippen LogP contribution is -2.24. The van der Waals surface area contributed by atoms with Crippen LogP contribution >= 0.6 is 0 Å². The fourth-order valence-electron chi connectivity index (χ4n) is 3.42. The zero-order chi connectivity index (χ0) is 20.1. The Morgan fingerprint density at radius 1 is 0.966 bits per heavy atom. The predicted octanol–water partition coefficient (Wildman–Crippen LogP) is 4.54.